The molecule has 0 aliphatic carbocycles. The van der Waals surface area contributed by atoms with Crippen LogP contribution in [0.4, 0.5) is 11.4 Å². The SMILES string of the molecule is Cc1cc(C(=O)Nc2cccc(N3CCCC3=O)c2)cc(C)c1OCC(=O)O. The van der Waals surface area contributed by atoms with Crippen molar-refractivity contribution in [2.45, 2.75) is 26.7 Å². The summed E-state index contributed by atoms with van der Waals surface area (Å²) in [7, 11) is 0. The van der Waals surface area contributed by atoms with E-state index >= 15 is 0 Å². The maximum atomic E-state index is 12.7. The van der Waals surface area contributed by atoms with Gasteiger partial charge in [-0.25, -0.2) is 4.79 Å². The lowest BCUT2D eigenvalue weighted by Gasteiger charge is -2.17. The molecule has 146 valence electrons. The predicted molar refractivity (Wildman–Crippen MR) is 105 cm³/mol. The van der Waals surface area contributed by atoms with E-state index < -0.39 is 12.6 Å². The van der Waals surface area contributed by atoms with Gasteiger partial charge in [0.2, 0.25) is 5.91 Å². The van der Waals surface area contributed by atoms with Gasteiger partial charge in [-0.1, -0.05) is 6.07 Å². The number of carbonyl (C=O) groups is 3. The van der Waals surface area contributed by atoms with E-state index in [0.717, 1.165) is 12.1 Å². The number of hydrogen-bond donors (Lipinski definition) is 2. The zero-order chi connectivity index (χ0) is 20.3. The lowest BCUT2D eigenvalue weighted by molar-refractivity contribution is -0.139. The van der Waals surface area contributed by atoms with E-state index in [1.807, 2.05) is 6.07 Å². The van der Waals surface area contributed by atoms with Crippen LogP contribution in [0.3, 0.4) is 0 Å². The number of rotatable bonds is 6. The Morgan fingerprint density at radius 3 is 2.50 bits per heavy atom. The van der Waals surface area contributed by atoms with Gasteiger partial charge in [0.1, 0.15) is 5.75 Å². The lowest BCUT2D eigenvalue weighted by Crippen LogP contribution is -2.23. The molecular formula is C21H22N2O5. The Bertz CT molecular complexity index is 915. The summed E-state index contributed by atoms with van der Waals surface area (Å²) in [6.07, 6.45) is 1.38. The number of nitrogens with one attached hydrogen (secondary N) is 1. The maximum Gasteiger partial charge on any atom is 0.341 e. The average molecular weight is 382 g/mol. The molecule has 2 aromatic rings. The molecule has 2 N–H and O–H groups in total. The van der Waals surface area contributed by atoms with Gasteiger partial charge >= 0.3 is 5.97 Å². The smallest absolute Gasteiger partial charge is 0.341 e. The molecule has 1 aliphatic rings. The van der Waals surface area contributed by atoms with Crippen LogP contribution >= 0.6 is 0 Å². The molecule has 0 saturated carbocycles. The summed E-state index contributed by atoms with van der Waals surface area (Å²) in [5.74, 6) is -0.793. The second-order valence-corrected chi connectivity index (χ2v) is 6.77. The molecule has 7 heteroatoms. The maximum absolute atomic E-state index is 12.7. The molecule has 2 aromatic carbocycles. The number of carboxylic acid groups (broad SMARTS) is 1. The molecule has 0 bridgehead atoms. The highest BCUT2D eigenvalue weighted by atomic mass is 16.5. The van der Waals surface area contributed by atoms with E-state index in [9.17, 15) is 14.4 Å². The Balaban J connectivity index is 1.76. The number of nitrogens with zero attached hydrogens (tertiary/aromatic N) is 1. The summed E-state index contributed by atoms with van der Waals surface area (Å²) in [5, 5.41) is 11.6. The van der Waals surface area contributed by atoms with Gasteiger partial charge in [-0.3, -0.25) is 9.59 Å². The van der Waals surface area contributed by atoms with Crippen LogP contribution in [-0.2, 0) is 9.59 Å². The van der Waals surface area contributed by atoms with Crippen LogP contribution in [-0.4, -0.2) is 36.0 Å². The first kappa shape index (κ1) is 19.4. The first-order chi connectivity index (χ1) is 13.3. The minimum Gasteiger partial charge on any atom is -0.481 e. The monoisotopic (exact) mass is 382 g/mol. The normalized spacial score (nSPS) is 13.5. The van der Waals surface area contributed by atoms with Crippen LogP contribution in [0.5, 0.6) is 5.75 Å². The van der Waals surface area contributed by atoms with Crippen LogP contribution in [0.15, 0.2) is 36.4 Å². The predicted octanol–water partition coefficient (Wildman–Crippen LogP) is 3.15. The Morgan fingerprint density at radius 1 is 1.18 bits per heavy atom. The van der Waals surface area contributed by atoms with Crippen molar-refractivity contribution in [2.24, 2.45) is 0 Å². The second kappa shape index (κ2) is 8.12. The first-order valence-electron chi connectivity index (χ1n) is 9.03. The quantitative estimate of drug-likeness (QED) is 0.800. The zero-order valence-corrected chi connectivity index (χ0v) is 15.8. The van der Waals surface area contributed by atoms with Crippen molar-refractivity contribution < 1.29 is 24.2 Å². The van der Waals surface area contributed by atoms with Crippen LogP contribution in [0, 0.1) is 13.8 Å². The van der Waals surface area contributed by atoms with Crippen molar-refractivity contribution in [1.29, 1.82) is 0 Å². The van der Waals surface area contributed by atoms with Crippen molar-refractivity contribution in [3.05, 3.63) is 53.1 Å². The molecule has 1 heterocycles. The largest absolute Gasteiger partial charge is 0.481 e. The first-order valence-corrected chi connectivity index (χ1v) is 9.03. The van der Waals surface area contributed by atoms with Crippen molar-refractivity contribution in [3.8, 4) is 5.75 Å². The standard InChI is InChI=1S/C21H22N2O5/c1-13-9-15(10-14(2)20(13)28-12-19(25)26)21(27)22-16-5-3-6-17(11-16)23-8-4-7-18(23)24/h3,5-6,9-11H,4,7-8,12H2,1-2H3,(H,22,27)(H,25,26). The molecule has 0 unspecified atom stereocenters. The number of amides is 2. The molecule has 3 rings (SSSR count). The third-order valence-corrected chi connectivity index (χ3v) is 4.55. The van der Waals surface area contributed by atoms with E-state index in [2.05, 4.69) is 5.32 Å². The van der Waals surface area contributed by atoms with E-state index in [-0.39, 0.29) is 11.8 Å². The molecule has 7 nitrogen and oxygen atoms in total. The van der Waals surface area contributed by atoms with Crippen LogP contribution in [0.2, 0.25) is 0 Å². The molecule has 2 amide bonds. The molecule has 1 aliphatic heterocycles. The van der Waals surface area contributed by atoms with Crippen molar-refractivity contribution in [1.82, 2.24) is 0 Å². The van der Waals surface area contributed by atoms with Gasteiger partial charge in [0, 0.05) is 29.9 Å². The van der Waals surface area contributed by atoms with Crippen molar-refractivity contribution in [3.63, 3.8) is 0 Å². The summed E-state index contributed by atoms with van der Waals surface area (Å²) in [5.41, 5.74) is 3.18. The average Bonchev–Trinajstić information content (AvgIpc) is 3.07. The number of hydrogen-bond acceptors (Lipinski definition) is 4. The van der Waals surface area contributed by atoms with Gasteiger partial charge in [-0.05, 0) is 61.7 Å². The molecule has 0 radical (unpaired) electrons. The number of carboxylic acids is 1. The highest BCUT2D eigenvalue weighted by molar-refractivity contribution is 6.05. The van der Waals surface area contributed by atoms with Gasteiger partial charge in [0.15, 0.2) is 6.61 Å². The molecule has 0 spiro atoms. The number of benzene rings is 2. The van der Waals surface area contributed by atoms with Crippen molar-refractivity contribution >= 4 is 29.2 Å². The minimum atomic E-state index is -1.06. The van der Waals surface area contributed by atoms with Crippen LogP contribution in [0.1, 0.15) is 34.3 Å². The Labute approximate surface area is 162 Å². The molecule has 1 saturated heterocycles. The highest BCUT2D eigenvalue weighted by Crippen LogP contribution is 2.27. The number of aryl methyl sites for hydroxylation is 2. The highest BCUT2D eigenvalue weighted by Gasteiger charge is 2.22. The fraction of sp³-hybridized carbons (Fsp3) is 0.286. The topological polar surface area (TPSA) is 95.9 Å². The van der Waals surface area contributed by atoms with E-state index in [0.29, 0.717) is 41.1 Å². The van der Waals surface area contributed by atoms with Gasteiger partial charge in [-0.2, -0.15) is 0 Å². The third-order valence-electron chi connectivity index (χ3n) is 4.55. The van der Waals surface area contributed by atoms with E-state index in [1.165, 1.54) is 0 Å². The Kier molecular flexibility index (Phi) is 5.63. The van der Waals surface area contributed by atoms with Gasteiger partial charge in [-0.15, -0.1) is 0 Å². The van der Waals surface area contributed by atoms with Gasteiger partial charge in [0.25, 0.3) is 5.91 Å². The fourth-order valence-corrected chi connectivity index (χ4v) is 3.32. The summed E-state index contributed by atoms with van der Waals surface area (Å²) in [6.45, 7) is 3.78. The van der Waals surface area contributed by atoms with Crippen molar-refractivity contribution in [2.75, 3.05) is 23.4 Å². The molecule has 1 fully saturated rings. The number of ether oxygens (including phenoxy) is 1. The molecule has 28 heavy (non-hydrogen) atoms. The van der Waals surface area contributed by atoms with Gasteiger partial charge in [0.05, 0.1) is 0 Å². The molecule has 0 atom stereocenters. The summed E-state index contributed by atoms with van der Waals surface area (Å²) in [4.78, 5) is 37.0. The second-order valence-electron chi connectivity index (χ2n) is 6.77. The summed E-state index contributed by atoms with van der Waals surface area (Å²) in [6, 6.07) is 10.5. The zero-order valence-electron chi connectivity index (χ0n) is 15.8. The Hall–Kier alpha value is -3.35. The van der Waals surface area contributed by atoms with E-state index in [4.69, 9.17) is 9.84 Å². The Morgan fingerprint density at radius 2 is 1.89 bits per heavy atom. The summed E-state index contributed by atoms with van der Waals surface area (Å²) >= 11 is 0. The molecule has 0 aromatic heterocycles. The third kappa shape index (κ3) is 4.31. The number of aliphatic carboxylic acids is 1. The van der Waals surface area contributed by atoms with Gasteiger partial charge < -0.3 is 20.1 Å². The van der Waals surface area contributed by atoms with Crippen LogP contribution in [0.25, 0.3) is 0 Å². The van der Waals surface area contributed by atoms with E-state index in [1.54, 1.807) is 49.1 Å². The lowest BCUT2D eigenvalue weighted by atomic mass is 10.0. The summed E-state index contributed by atoms with van der Waals surface area (Å²) < 4.78 is 5.30. The fourth-order valence-electron chi connectivity index (χ4n) is 3.32. The van der Waals surface area contributed by atoms with Crippen LogP contribution < -0.4 is 15.0 Å². The minimum absolute atomic E-state index is 0.0895. The number of anilines is 2. The molecular weight excluding hydrogens is 360 g/mol. The number of carbonyl (C=O) groups excluding carboxylic acids is 2.